The molecule has 0 saturated carbocycles. The highest BCUT2D eigenvalue weighted by molar-refractivity contribution is 6.42. The fourth-order valence-electron chi connectivity index (χ4n) is 6.07. The second kappa shape index (κ2) is 11.4. The van der Waals surface area contributed by atoms with E-state index in [4.69, 9.17) is 28.9 Å². The van der Waals surface area contributed by atoms with Crippen LogP contribution in [0.15, 0.2) is 109 Å². The Morgan fingerprint density at radius 1 is 0.676 bits per heavy atom. The summed E-state index contributed by atoms with van der Waals surface area (Å²) in [5.74, 6) is 0. The van der Waals surface area contributed by atoms with Crippen molar-refractivity contribution in [3.63, 3.8) is 0 Å². The first-order valence-electron chi connectivity index (χ1n) is 13.1. The number of nitrogens with two attached hydrogens (primary N) is 1. The van der Waals surface area contributed by atoms with E-state index >= 15 is 0 Å². The Morgan fingerprint density at radius 2 is 1.22 bits per heavy atom. The second-order valence-electron chi connectivity index (χ2n) is 10.2. The summed E-state index contributed by atoms with van der Waals surface area (Å²) in [5.41, 5.74) is 11.1. The third-order valence-corrected chi connectivity index (χ3v) is 9.08. The molecule has 0 unspecified atom stereocenters. The van der Waals surface area contributed by atoms with Crippen LogP contribution in [0.5, 0.6) is 0 Å². The molecule has 0 aromatic heterocycles. The molecule has 0 aliphatic carbocycles. The van der Waals surface area contributed by atoms with Gasteiger partial charge in [0.1, 0.15) is 0 Å². The number of nitrogens with zero attached hydrogens (tertiary/aromatic N) is 1. The summed E-state index contributed by atoms with van der Waals surface area (Å²) in [5, 5.41) is 1.17. The van der Waals surface area contributed by atoms with Gasteiger partial charge in [0, 0.05) is 17.4 Å². The Balaban J connectivity index is 1.47. The molecule has 2 N–H and O–H groups in total. The summed E-state index contributed by atoms with van der Waals surface area (Å²) in [4.78, 5) is 2.61. The molecule has 0 bridgehead atoms. The Bertz CT molecular complexity index is 1240. The number of piperidine rings is 1. The van der Waals surface area contributed by atoms with Gasteiger partial charge in [0.2, 0.25) is 0 Å². The van der Waals surface area contributed by atoms with Crippen molar-refractivity contribution in [3.8, 4) is 0 Å². The van der Waals surface area contributed by atoms with E-state index < -0.39 is 0 Å². The first-order valence-corrected chi connectivity index (χ1v) is 13.9. The highest BCUT2D eigenvalue weighted by atomic mass is 35.5. The minimum Gasteiger partial charge on any atom is -0.330 e. The standard InChI is InChI=1S/C33H34Cl2N2/c34-30-17-16-29(24-31(30)35)33(27-12-6-2-7-13-27,28-14-8-3-9-15-28)20-23-37-21-18-32(25-36,19-22-37)26-10-4-1-5-11-26/h1-17,24H,18-23,25,36H2. The largest absolute Gasteiger partial charge is 0.330 e. The minimum absolute atomic E-state index is 0.0669. The predicted molar refractivity (Wildman–Crippen MR) is 157 cm³/mol. The van der Waals surface area contributed by atoms with Crippen molar-refractivity contribution in [1.29, 1.82) is 0 Å². The van der Waals surface area contributed by atoms with Crippen molar-refractivity contribution in [2.24, 2.45) is 5.73 Å². The van der Waals surface area contributed by atoms with Gasteiger partial charge in [0.15, 0.2) is 0 Å². The van der Waals surface area contributed by atoms with Crippen molar-refractivity contribution >= 4 is 23.2 Å². The molecule has 0 amide bonds. The van der Waals surface area contributed by atoms with Crippen molar-refractivity contribution in [1.82, 2.24) is 4.90 Å². The third kappa shape index (κ3) is 5.22. The zero-order valence-electron chi connectivity index (χ0n) is 21.1. The molecule has 1 aliphatic rings. The Labute approximate surface area is 231 Å². The SMILES string of the molecule is NCC1(c2ccccc2)CCN(CCC(c2ccccc2)(c2ccccc2)c2ccc(Cl)c(Cl)c2)CC1. The van der Waals surface area contributed by atoms with Crippen LogP contribution in [0.1, 0.15) is 41.5 Å². The highest BCUT2D eigenvalue weighted by Gasteiger charge is 2.39. The van der Waals surface area contributed by atoms with Crippen LogP contribution in [-0.2, 0) is 10.8 Å². The highest BCUT2D eigenvalue weighted by Crippen LogP contribution is 2.44. The van der Waals surface area contributed by atoms with Gasteiger partial charge in [0.25, 0.3) is 0 Å². The summed E-state index contributed by atoms with van der Waals surface area (Å²) in [6.45, 7) is 3.73. The zero-order chi connectivity index (χ0) is 25.7. The molecule has 4 aromatic carbocycles. The summed E-state index contributed by atoms with van der Waals surface area (Å²) >= 11 is 13.0. The molecule has 1 aliphatic heterocycles. The second-order valence-corrected chi connectivity index (χ2v) is 11.0. The lowest BCUT2D eigenvalue weighted by Crippen LogP contribution is -2.47. The predicted octanol–water partition coefficient (Wildman–Crippen LogP) is 7.71. The number of halogens is 2. The average molecular weight is 530 g/mol. The Morgan fingerprint density at radius 3 is 1.73 bits per heavy atom. The Kier molecular flexibility index (Phi) is 8.02. The molecular weight excluding hydrogens is 495 g/mol. The average Bonchev–Trinajstić information content (AvgIpc) is 2.97. The summed E-state index contributed by atoms with van der Waals surface area (Å²) in [7, 11) is 0. The number of benzene rings is 4. The quantitative estimate of drug-likeness (QED) is 0.237. The maximum atomic E-state index is 6.60. The van der Waals surface area contributed by atoms with Crippen LogP contribution >= 0.6 is 23.2 Å². The lowest BCUT2D eigenvalue weighted by atomic mass is 9.67. The third-order valence-electron chi connectivity index (χ3n) is 8.34. The van der Waals surface area contributed by atoms with E-state index in [1.807, 2.05) is 6.07 Å². The van der Waals surface area contributed by atoms with Gasteiger partial charge >= 0.3 is 0 Å². The van der Waals surface area contributed by atoms with Crippen LogP contribution in [0.3, 0.4) is 0 Å². The van der Waals surface area contributed by atoms with E-state index in [0.29, 0.717) is 16.6 Å². The van der Waals surface area contributed by atoms with Gasteiger partial charge < -0.3 is 10.6 Å². The molecule has 37 heavy (non-hydrogen) atoms. The fraction of sp³-hybridized carbons (Fsp3) is 0.273. The van der Waals surface area contributed by atoms with Crippen molar-refractivity contribution < 1.29 is 0 Å². The van der Waals surface area contributed by atoms with Crippen LogP contribution in [-0.4, -0.2) is 31.1 Å². The first-order chi connectivity index (χ1) is 18.1. The van der Waals surface area contributed by atoms with Gasteiger partial charge in [-0.3, -0.25) is 0 Å². The number of rotatable bonds is 8. The van der Waals surface area contributed by atoms with Crippen LogP contribution in [0.25, 0.3) is 0 Å². The molecule has 2 nitrogen and oxygen atoms in total. The molecule has 1 heterocycles. The molecule has 1 fully saturated rings. The first kappa shape index (κ1) is 26.0. The molecule has 0 spiro atoms. The zero-order valence-corrected chi connectivity index (χ0v) is 22.6. The van der Waals surface area contributed by atoms with Crippen LogP contribution in [0.2, 0.25) is 10.0 Å². The summed E-state index contributed by atoms with van der Waals surface area (Å²) < 4.78 is 0. The van der Waals surface area contributed by atoms with Gasteiger partial charge in [-0.1, -0.05) is 120 Å². The molecule has 0 radical (unpaired) electrons. The van der Waals surface area contributed by atoms with E-state index in [-0.39, 0.29) is 10.8 Å². The van der Waals surface area contributed by atoms with E-state index in [2.05, 4.69) is 108 Å². The smallest absolute Gasteiger partial charge is 0.0595 e. The summed E-state index contributed by atoms with van der Waals surface area (Å²) in [6.07, 6.45) is 3.08. The van der Waals surface area contributed by atoms with Crippen molar-refractivity contribution in [2.45, 2.75) is 30.1 Å². The monoisotopic (exact) mass is 528 g/mol. The molecule has 5 rings (SSSR count). The Hall–Kier alpha value is -2.62. The van der Waals surface area contributed by atoms with Gasteiger partial charge in [0.05, 0.1) is 10.0 Å². The molecule has 190 valence electrons. The number of hydrogen-bond donors (Lipinski definition) is 1. The van der Waals surface area contributed by atoms with E-state index in [9.17, 15) is 0 Å². The van der Waals surface area contributed by atoms with Crippen molar-refractivity contribution in [2.75, 3.05) is 26.2 Å². The molecule has 4 aromatic rings. The van der Waals surface area contributed by atoms with Gasteiger partial charge in [-0.15, -0.1) is 0 Å². The fourth-order valence-corrected chi connectivity index (χ4v) is 6.37. The lowest BCUT2D eigenvalue weighted by molar-refractivity contribution is 0.155. The van der Waals surface area contributed by atoms with Crippen molar-refractivity contribution in [3.05, 3.63) is 141 Å². The molecule has 1 saturated heterocycles. The van der Waals surface area contributed by atoms with Gasteiger partial charge in [-0.25, -0.2) is 0 Å². The maximum absolute atomic E-state index is 6.60. The lowest BCUT2D eigenvalue weighted by Gasteiger charge is -2.43. The summed E-state index contributed by atoms with van der Waals surface area (Å²) in [6, 6.07) is 38.5. The van der Waals surface area contributed by atoms with E-state index in [1.165, 1.54) is 16.7 Å². The minimum atomic E-state index is -0.349. The maximum Gasteiger partial charge on any atom is 0.0595 e. The molecule has 4 heteroatoms. The molecule has 0 atom stereocenters. The number of likely N-dealkylation sites (tertiary alicyclic amines) is 1. The normalized spacial score (nSPS) is 16.0. The number of hydrogen-bond acceptors (Lipinski definition) is 2. The van der Waals surface area contributed by atoms with Crippen LogP contribution < -0.4 is 5.73 Å². The van der Waals surface area contributed by atoms with Crippen LogP contribution in [0, 0.1) is 0 Å². The van der Waals surface area contributed by atoms with Gasteiger partial charge in [-0.05, 0) is 73.3 Å². The topological polar surface area (TPSA) is 29.3 Å². The van der Waals surface area contributed by atoms with Crippen LogP contribution in [0.4, 0.5) is 0 Å². The molecular formula is C33H34Cl2N2. The van der Waals surface area contributed by atoms with E-state index in [1.54, 1.807) is 0 Å². The van der Waals surface area contributed by atoms with E-state index in [0.717, 1.165) is 44.5 Å². The van der Waals surface area contributed by atoms with Gasteiger partial charge in [-0.2, -0.15) is 0 Å².